The second-order valence-corrected chi connectivity index (χ2v) is 6.07. The summed E-state index contributed by atoms with van der Waals surface area (Å²) in [6.07, 6.45) is 3.50. The highest BCUT2D eigenvalue weighted by molar-refractivity contribution is 6.42. The fourth-order valence-corrected chi connectivity index (χ4v) is 3.25. The van der Waals surface area contributed by atoms with E-state index < -0.39 is 0 Å². The number of nitrogens with one attached hydrogen (secondary N) is 1. The summed E-state index contributed by atoms with van der Waals surface area (Å²) in [5.41, 5.74) is 0.537. The molecule has 5 heteroatoms. The zero-order valence-corrected chi connectivity index (χ0v) is 12.7. The summed E-state index contributed by atoms with van der Waals surface area (Å²) in [5, 5.41) is 3.80. The number of benzene rings is 1. The fraction of sp³-hybridized carbons (Fsp3) is 0.500. The normalized spacial score (nSPS) is 22.5. The molecule has 0 aliphatic heterocycles. The average molecular weight is 321 g/mol. The quantitative estimate of drug-likeness (QED) is 0.820. The number of hydrogen-bond donors (Lipinski definition) is 1. The van der Waals surface area contributed by atoms with Crippen LogP contribution < -0.4 is 5.32 Å². The Hall–Kier alpha value is -0.440. The number of amides is 1. The van der Waals surface area contributed by atoms with Crippen molar-refractivity contribution in [1.82, 2.24) is 5.32 Å². The summed E-state index contributed by atoms with van der Waals surface area (Å²) in [5.74, 6) is 1.58. The van der Waals surface area contributed by atoms with Crippen molar-refractivity contribution < 1.29 is 4.79 Å². The lowest BCUT2D eigenvalue weighted by Gasteiger charge is -2.17. The molecule has 0 saturated heterocycles. The van der Waals surface area contributed by atoms with Crippen LogP contribution in [-0.2, 0) is 0 Å². The zero-order valence-electron chi connectivity index (χ0n) is 10.5. The van der Waals surface area contributed by atoms with Crippen molar-refractivity contribution in [3.8, 4) is 0 Å². The van der Waals surface area contributed by atoms with E-state index in [9.17, 15) is 4.79 Å². The molecule has 2 unspecified atom stereocenters. The van der Waals surface area contributed by atoms with Gasteiger partial charge >= 0.3 is 0 Å². The highest BCUT2D eigenvalue weighted by atomic mass is 35.5. The van der Waals surface area contributed by atoms with Crippen LogP contribution in [0.4, 0.5) is 0 Å². The zero-order chi connectivity index (χ0) is 13.8. The summed E-state index contributed by atoms with van der Waals surface area (Å²) >= 11 is 17.7. The number of carbonyl (C=O) groups is 1. The van der Waals surface area contributed by atoms with Gasteiger partial charge < -0.3 is 5.32 Å². The van der Waals surface area contributed by atoms with Gasteiger partial charge in [0.15, 0.2) is 0 Å². The van der Waals surface area contributed by atoms with E-state index in [1.165, 1.54) is 6.42 Å². The van der Waals surface area contributed by atoms with E-state index in [4.69, 9.17) is 34.8 Å². The first kappa shape index (κ1) is 15.0. The molecule has 1 fully saturated rings. The van der Waals surface area contributed by atoms with E-state index in [2.05, 4.69) is 5.32 Å². The average Bonchev–Trinajstić information content (AvgIpc) is 2.86. The third-order valence-electron chi connectivity index (χ3n) is 3.72. The molecule has 1 saturated carbocycles. The lowest BCUT2D eigenvalue weighted by Crippen LogP contribution is -2.31. The summed E-state index contributed by atoms with van der Waals surface area (Å²) in [6.45, 7) is 0.677. The Balaban J connectivity index is 1.92. The fourth-order valence-electron chi connectivity index (χ4n) is 2.55. The van der Waals surface area contributed by atoms with E-state index in [1.54, 1.807) is 18.2 Å². The van der Waals surface area contributed by atoms with Gasteiger partial charge in [-0.3, -0.25) is 4.79 Å². The first-order valence-corrected chi connectivity index (χ1v) is 7.70. The van der Waals surface area contributed by atoms with Crippen molar-refractivity contribution in [3.05, 3.63) is 33.8 Å². The van der Waals surface area contributed by atoms with E-state index in [1.807, 2.05) is 0 Å². The summed E-state index contributed by atoms with van der Waals surface area (Å²) < 4.78 is 0. The highest BCUT2D eigenvalue weighted by Crippen LogP contribution is 2.32. The molecule has 0 radical (unpaired) electrons. The number of halogens is 3. The highest BCUT2D eigenvalue weighted by Gasteiger charge is 2.26. The van der Waals surface area contributed by atoms with Crippen LogP contribution in [0.15, 0.2) is 18.2 Å². The maximum Gasteiger partial charge on any atom is 0.251 e. The molecule has 0 heterocycles. The molecule has 0 spiro atoms. The Labute approximate surface area is 128 Å². The van der Waals surface area contributed by atoms with Gasteiger partial charge in [-0.25, -0.2) is 0 Å². The molecule has 1 aliphatic carbocycles. The summed E-state index contributed by atoms with van der Waals surface area (Å²) in [6, 6.07) is 4.90. The summed E-state index contributed by atoms with van der Waals surface area (Å²) in [7, 11) is 0. The van der Waals surface area contributed by atoms with Gasteiger partial charge in [0, 0.05) is 18.0 Å². The Morgan fingerprint density at radius 3 is 2.63 bits per heavy atom. The lowest BCUT2D eigenvalue weighted by atomic mass is 9.98. The van der Waals surface area contributed by atoms with Gasteiger partial charge in [0.1, 0.15) is 0 Å². The SMILES string of the molecule is O=C(NCC1CCCC1CCl)c1ccc(Cl)c(Cl)c1. The standard InChI is InChI=1S/C14H16Cl3NO/c15-7-10-2-1-3-11(10)8-18-14(19)9-4-5-12(16)13(17)6-9/h4-6,10-11H,1-3,7-8H2,(H,18,19). The predicted octanol–water partition coefficient (Wildman–Crippen LogP) is 4.38. The Morgan fingerprint density at radius 1 is 1.21 bits per heavy atom. The Bertz CT molecular complexity index is 464. The molecule has 2 atom stereocenters. The maximum absolute atomic E-state index is 12.0. The minimum absolute atomic E-state index is 0.112. The topological polar surface area (TPSA) is 29.1 Å². The van der Waals surface area contributed by atoms with Gasteiger partial charge in [0.05, 0.1) is 10.0 Å². The van der Waals surface area contributed by atoms with E-state index in [-0.39, 0.29) is 5.91 Å². The molecule has 1 aliphatic rings. The number of rotatable bonds is 4. The number of hydrogen-bond acceptors (Lipinski definition) is 1. The second kappa shape index (κ2) is 6.83. The van der Waals surface area contributed by atoms with Crippen LogP contribution in [0.2, 0.25) is 10.0 Å². The third kappa shape index (κ3) is 3.77. The van der Waals surface area contributed by atoms with Gasteiger partial charge in [-0.15, -0.1) is 11.6 Å². The van der Waals surface area contributed by atoms with E-state index in [0.29, 0.717) is 39.9 Å². The van der Waals surface area contributed by atoms with Gasteiger partial charge in [-0.05, 0) is 42.9 Å². The molecule has 1 amide bonds. The van der Waals surface area contributed by atoms with Crippen LogP contribution in [0.25, 0.3) is 0 Å². The van der Waals surface area contributed by atoms with Crippen LogP contribution in [0, 0.1) is 11.8 Å². The van der Waals surface area contributed by atoms with Crippen LogP contribution >= 0.6 is 34.8 Å². The van der Waals surface area contributed by atoms with Crippen LogP contribution in [0.3, 0.4) is 0 Å². The Morgan fingerprint density at radius 2 is 1.95 bits per heavy atom. The van der Waals surface area contributed by atoms with E-state index in [0.717, 1.165) is 12.8 Å². The van der Waals surface area contributed by atoms with Gasteiger partial charge in [-0.2, -0.15) is 0 Å². The van der Waals surface area contributed by atoms with Crippen LogP contribution in [-0.4, -0.2) is 18.3 Å². The molecule has 2 rings (SSSR count). The minimum atomic E-state index is -0.112. The minimum Gasteiger partial charge on any atom is -0.352 e. The van der Waals surface area contributed by atoms with Gasteiger partial charge in [0.25, 0.3) is 5.91 Å². The number of alkyl halides is 1. The smallest absolute Gasteiger partial charge is 0.251 e. The third-order valence-corrected chi connectivity index (χ3v) is 4.86. The van der Waals surface area contributed by atoms with Crippen LogP contribution in [0.5, 0.6) is 0 Å². The maximum atomic E-state index is 12.0. The molecule has 104 valence electrons. The molecule has 1 aromatic rings. The molecule has 0 bridgehead atoms. The molecule has 0 aromatic heterocycles. The molecule has 1 aromatic carbocycles. The number of carbonyl (C=O) groups excluding carboxylic acids is 1. The molecule has 1 N–H and O–H groups in total. The molecular weight excluding hydrogens is 305 g/mol. The van der Waals surface area contributed by atoms with Crippen molar-refractivity contribution in [1.29, 1.82) is 0 Å². The molecule has 2 nitrogen and oxygen atoms in total. The Kier molecular flexibility index (Phi) is 5.37. The van der Waals surface area contributed by atoms with Gasteiger partial charge in [0.2, 0.25) is 0 Å². The second-order valence-electron chi connectivity index (χ2n) is 4.94. The van der Waals surface area contributed by atoms with Crippen molar-refractivity contribution in [2.45, 2.75) is 19.3 Å². The summed E-state index contributed by atoms with van der Waals surface area (Å²) in [4.78, 5) is 12.0. The molecular formula is C14H16Cl3NO. The van der Waals surface area contributed by atoms with Gasteiger partial charge in [-0.1, -0.05) is 29.6 Å². The van der Waals surface area contributed by atoms with E-state index >= 15 is 0 Å². The first-order chi connectivity index (χ1) is 9.11. The first-order valence-electron chi connectivity index (χ1n) is 6.41. The molecule has 19 heavy (non-hydrogen) atoms. The largest absolute Gasteiger partial charge is 0.352 e. The van der Waals surface area contributed by atoms with Crippen molar-refractivity contribution >= 4 is 40.7 Å². The van der Waals surface area contributed by atoms with Crippen LogP contribution in [0.1, 0.15) is 29.6 Å². The predicted molar refractivity (Wildman–Crippen MR) is 80.3 cm³/mol. The van der Waals surface area contributed by atoms with Crippen molar-refractivity contribution in [3.63, 3.8) is 0 Å². The van der Waals surface area contributed by atoms with Crippen molar-refractivity contribution in [2.24, 2.45) is 11.8 Å². The van der Waals surface area contributed by atoms with Crippen molar-refractivity contribution in [2.75, 3.05) is 12.4 Å². The monoisotopic (exact) mass is 319 g/mol. The lowest BCUT2D eigenvalue weighted by molar-refractivity contribution is 0.0944.